The number of hydrogen-bond donors (Lipinski definition) is 2. The van der Waals surface area contributed by atoms with Gasteiger partial charge in [0.2, 0.25) is 0 Å². The van der Waals surface area contributed by atoms with Crippen LogP contribution in [0.2, 0.25) is 0 Å². The van der Waals surface area contributed by atoms with Crippen molar-refractivity contribution in [1.29, 1.82) is 0 Å². The van der Waals surface area contributed by atoms with Crippen molar-refractivity contribution in [2.45, 2.75) is 64.3 Å². The zero-order valence-electron chi connectivity index (χ0n) is 16.2. The Hall–Kier alpha value is -1.68. The zero-order chi connectivity index (χ0) is 18.8. The molecule has 1 aliphatic rings. The molecular weight excluding hydrogens is 326 g/mol. The number of carbonyl (C=O) groups excluding carboxylic acids is 1. The summed E-state index contributed by atoms with van der Waals surface area (Å²) in [5.74, 6) is 3.43. The number of rotatable bonds is 12. The Morgan fingerprint density at radius 1 is 1.38 bits per heavy atom. The number of ether oxygens (including phenoxy) is 1. The number of anilines is 1. The molecule has 1 fully saturated rings. The van der Waals surface area contributed by atoms with Gasteiger partial charge in [-0.2, -0.15) is 0 Å². The third kappa shape index (κ3) is 5.94. The van der Waals surface area contributed by atoms with E-state index in [-0.39, 0.29) is 6.04 Å². The Morgan fingerprint density at radius 2 is 2.19 bits per heavy atom. The van der Waals surface area contributed by atoms with Crippen molar-refractivity contribution in [2.75, 3.05) is 25.6 Å². The second-order valence-electron chi connectivity index (χ2n) is 7.06. The standard InChI is InChI=1S/C21H33N3O2/c1-3-16-10-11-18(24-21(16)23-2)9-4-5-13-26-14-12-20(22)19(15-25)17-7-6-8-17/h10-11,17,20H,3-9,12-14,22H2,1-2H3,(H,23,24). The maximum atomic E-state index is 11.1. The highest BCUT2D eigenvalue weighted by atomic mass is 16.5. The molecule has 5 nitrogen and oxygen atoms in total. The van der Waals surface area contributed by atoms with Crippen molar-refractivity contribution in [3.05, 3.63) is 29.0 Å². The Kier molecular flexibility index (Phi) is 8.82. The van der Waals surface area contributed by atoms with Gasteiger partial charge in [0.1, 0.15) is 11.8 Å². The Labute approximate surface area is 157 Å². The highest BCUT2D eigenvalue weighted by Gasteiger charge is 2.26. The number of nitrogens with two attached hydrogens (primary N) is 1. The molecule has 1 heterocycles. The van der Waals surface area contributed by atoms with E-state index in [9.17, 15) is 4.79 Å². The van der Waals surface area contributed by atoms with Crippen molar-refractivity contribution >= 4 is 11.8 Å². The minimum absolute atomic E-state index is 0.195. The first kappa shape index (κ1) is 20.6. The molecule has 26 heavy (non-hydrogen) atoms. The van der Waals surface area contributed by atoms with Crippen LogP contribution in [0.5, 0.6) is 0 Å². The van der Waals surface area contributed by atoms with Gasteiger partial charge in [0.05, 0.1) is 0 Å². The Bertz CT molecular complexity index is 607. The molecule has 0 aliphatic heterocycles. The molecule has 1 saturated carbocycles. The summed E-state index contributed by atoms with van der Waals surface area (Å²) >= 11 is 0. The van der Waals surface area contributed by atoms with E-state index < -0.39 is 0 Å². The summed E-state index contributed by atoms with van der Waals surface area (Å²) in [6.07, 6.45) is 8.07. The fourth-order valence-corrected chi connectivity index (χ4v) is 3.33. The van der Waals surface area contributed by atoms with Crippen molar-refractivity contribution in [1.82, 2.24) is 4.98 Å². The number of aryl methyl sites for hydroxylation is 2. The third-order valence-corrected chi connectivity index (χ3v) is 5.26. The summed E-state index contributed by atoms with van der Waals surface area (Å²) in [6, 6.07) is 4.08. The van der Waals surface area contributed by atoms with E-state index in [4.69, 9.17) is 10.5 Å². The van der Waals surface area contributed by atoms with Crippen LogP contribution in [0, 0.1) is 5.92 Å². The SMILES string of the molecule is CCc1ccc(CCCCOCCC(N)C(=C=O)C2CCC2)nc1NC. The van der Waals surface area contributed by atoms with Gasteiger partial charge in [0.15, 0.2) is 0 Å². The molecule has 2 rings (SSSR count). The molecule has 1 aromatic rings. The molecule has 1 aromatic heterocycles. The van der Waals surface area contributed by atoms with E-state index in [1.54, 1.807) is 0 Å². The highest BCUT2D eigenvalue weighted by molar-refractivity contribution is 5.55. The predicted molar refractivity (Wildman–Crippen MR) is 106 cm³/mol. The molecule has 3 N–H and O–H groups in total. The Morgan fingerprint density at radius 3 is 2.81 bits per heavy atom. The number of unbranched alkanes of at least 4 members (excludes halogenated alkanes) is 1. The van der Waals surface area contributed by atoms with Crippen molar-refractivity contribution in [3.8, 4) is 0 Å². The van der Waals surface area contributed by atoms with Crippen LogP contribution in [-0.4, -0.2) is 37.2 Å². The van der Waals surface area contributed by atoms with Gasteiger partial charge in [-0.1, -0.05) is 19.4 Å². The summed E-state index contributed by atoms with van der Waals surface area (Å²) in [5.41, 5.74) is 9.25. The van der Waals surface area contributed by atoms with E-state index in [0.717, 1.165) is 62.2 Å². The number of nitrogens with zero attached hydrogens (tertiary/aromatic N) is 1. The summed E-state index contributed by atoms with van der Waals surface area (Å²) in [7, 11) is 1.92. The summed E-state index contributed by atoms with van der Waals surface area (Å²) < 4.78 is 5.69. The summed E-state index contributed by atoms with van der Waals surface area (Å²) in [5, 5.41) is 3.17. The van der Waals surface area contributed by atoms with Gasteiger partial charge in [0, 0.05) is 37.6 Å². The molecule has 1 unspecified atom stereocenters. The fourth-order valence-electron chi connectivity index (χ4n) is 3.33. The summed E-state index contributed by atoms with van der Waals surface area (Å²) in [4.78, 5) is 15.8. The minimum Gasteiger partial charge on any atom is -0.381 e. The van der Waals surface area contributed by atoms with E-state index in [0.29, 0.717) is 18.9 Å². The van der Waals surface area contributed by atoms with Crippen LogP contribution >= 0.6 is 0 Å². The van der Waals surface area contributed by atoms with E-state index in [1.807, 2.05) is 7.05 Å². The molecule has 0 saturated heterocycles. The topological polar surface area (TPSA) is 77.2 Å². The van der Waals surface area contributed by atoms with Crippen LogP contribution < -0.4 is 11.1 Å². The highest BCUT2D eigenvalue weighted by Crippen LogP contribution is 2.33. The van der Waals surface area contributed by atoms with Gasteiger partial charge in [0.25, 0.3) is 0 Å². The average Bonchev–Trinajstić information content (AvgIpc) is 2.63. The molecule has 1 aliphatic carbocycles. The first-order valence-corrected chi connectivity index (χ1v) is 9.94. The molecule has 0 radical (unpaired) electrons. The number of nitrogens with one attached hydrogen (secondary N) is 1. The molecule has 1 atom stereocenters. The van der Waals surface area contributed by atoms with Crippen LogP contribution in [0.3, 0.4) is 0 Å². The molecule has 144 valence electrons. The average molecular weight is 360 g/mol. The minimum atomic E-state index is -0.195. The fraction of sp³-hybridized carbons (Fsp3) is 0.667. The maximum Gasteiger partial charge on any atom is 0.129 e. The second-order valence-corrected chi connectivity index (χ2v) is 7.06. The first-order chi connectivity index (χ1) is 12.7. The normalized spacial score (nSPS) is 15.2. The van der Waals surface area contributed by atoms with Crippen molar-refractivity contribution < 1.29 is 9.53 Å². The molecule has 0 aromatic carbocycles. The third-order valence-electron chi connectivity index (χ3n) is 5.26. The first-order valence-electron chi connectivity index (χ1n) is 9.94. The number of pyridine rings is 1. The van der Waals surface area contributed by atoms with Crippen LogP contribution in [0.1, 0.15) is 56.7 Å². The van der Waals surface area contributed by atoms with Crippen LogP contribution in [0.25, 0.3) is 0 Å². The van der Waals surface area contributed by atoms with E-state index in [1.165, 1.54) is 12.0 Å². The van der Waals surface area contributed by atoms with Gasteiger partial charge >= 0.3 is 0 Å². The zero-order valence-corrected chi connectivity index (χ0v) is 16.2. The summed E-state index contributed by atoms with van der Waals surface area (Å²) in [6.45, 7) is 3.47. The van der Waals surface area contributed by atoms with E-state index >= 15 is 0 Å². The molecule has 5 heteroatoms. The van der Waals surface area contributed by atoms with Gasteiger partial charge in [-0.05, 0) is 62.5 Å². The Balaban J connectivity index is 1.58. The van der Waals surface area contributed by atoms with Crippen LogP contribution in [-0.2, 0) is 22.4 Å². The lowest BCUT2D eigenvalue weighted by atomic mass is 9.77. The van der Waals surface area contributed by atoms with Crippen molar-refractivity contribution in [3.63, 3.8) is 0 Å². The van der Waals surface area contributed by atoms with Crippen LogP contribution in [0.15, 0.2) is 17.7 Å². The van der Waals surface area contributed by atoms with Gasteiger partial charge < -0.3 is 15.8 Å². The molecular formula is C21H33N3O2. The monoisotopic (exact) mass is 359 g/mol. The van der Waals surface area contributed by atoms with Crippen LogP contribution in [0.4, 0.5) is 5.82 Å². The van der Waals surface area contributed by atoms with Crippen molar-refractivity contribution in [2.24, 2.45) is 11.7 Å². The largest absolute Gasteiger partial charge is 0.381 e. The van der Waals surface area contributed by atoms with E-state index in [2.05, 4.69) is 35.3 Å². The molecule has 0 spiro atoms. The quantitative estimate of drug-likeness (QED) is 0.442. The van der Waals surface area contributed by atoms with Gasteiger partial charge in [-0.15, -0.1) is 0 Å². The van der Waals surface area contributed by atoms with Gasteiger partial charge in [-0.3, -0.25) is 0 Å². The smallest absolute Gasteiger partial charge is 0.129 e. The molecule has 0 bridgehead atoms. The lowest BCUT2D eigenvalue weighted by Crippen LogP contribution is -2.31. The van der Waals surface area contributed by atoms with Gasteiger partial charge in [-0.25, -0.2) is 9.78 Å². The molecule has 0 amide bonds. The maximum absolute atomic E-state index is 11.1. The number of hydrogen-bond acceptors (Lipinski definition) is 5. The number of aromatic nitrogens is 1. The second kappa shape index (κ2) is 11.1. The lowest BCUT2D eigenvalue weighted by Gasteiger charge is -2.29. The lowest BCUT2D eigenvalue weighted by molar-refractivity contribution is 0.124. The predicted octanol–water partition coefficient (Wildman–Crippen LogP) is 3.30.